The van der Waals surface area contributed by atoms with E-state index < -0.39 is 10.0 Å². The summed E-state index contributed by atoms with van der Waals surface area (Å²) in [5.41, 5.74) is 0.918. The van der Waals surface area contributed by atoms with Crippen LogP contribution in [0.1, 0.15) is 30.1 Å². The molecule has 27 heavy (non-hydrogen) atoms. The van der Waals surface area contributed by atoms with Crippen molar-refractivity contribution >= 4 is 21.6 Å². The van der Waals surface area contributed by atoms with Gasteiger partial charge in [0.1, 0.15) is 5.75 Å². The highest BCUT2D eigenvalue weighted by molar-refractivity contribution is 7.92. The van der Waals surface area contributed by atoms with Crippen LogP contribution in [0.25, 0.3) is 0 Å². The molecule has 0 bridgehead atoms. The van der Waals surface area contributed by atoms with Crippen molar-refractivity contribution in [3.63, 3.8) is 0 Å². The number of methoxy groups -OCH3 is 1. The Morgan fingerprint density at radius 1 is 1.11 bits per heavy atom. The van der Waals surface area contributed by atoms with Gasteiger partial charge in [-0.25, -0.2) is 8.42 Å². The summed E-state index contributed by atoms with van der Waals surface area (Å²) in [7, 11) is -2.22. The summed E-state index contributed by atoms with van der Waals surface area (Å²) in [6.07, 6.45) is 2.01. The van der Waals surface area contributed by atoms with Crippen LogP contribution in [0.5, 0.6) is 5.75 Å². The predicted molar refractivity (Wildman–Crippen MR) is 105 cm³/mol. The molecule has 0 aromatic heterocycles. The van der Waals surface area contributed by atoms with Crippen LogP contribution in [0.2, 0.25) is 0 Å². The molecule has 0 atom stereocenters. The fourth-order valence-electron chi connectivity index (χ4n) is 3.07. The van der Waals surface area contributed by atoms with Crippen LogP contribution >= 0.6 is 0 Å². The monoisotopic (exact) mass is 388 g/mol. The maximum Gasteiger partial charge on any atom is 0.261 e. The number of anilines is 1. The van der Waals surface area contributed by atoms with Crippen LogP contribution in [0, 0.1) is 5.92 Å². The Bertz CT molecular complexity index is 902. The average molecular weight is 388 g/mol. The number of rotatable bonds is 5. The number of piperidine rings is 1. The smallest absolute Gasteiger partial charge is 0.261 e. The van der Waals surface area contributed by atoms with Gasteiger partial charge in [-0.3, -0.25) is 9.52 Å². The molecule has 0 spiro atoms. The quantitative estimate of drug-likeness (QED) is 0.852. The third kappa shape index (κ3) is 4.60. The summed E-state index contributed by atoms with van der Waals surface area (Å²) in [5, 5.41) is 0. The van der Waals surface area contributed by atoms with E-state index in [1.54, 1.807) is 36.4 Å². The van der Waals surface area contributed by atoms with E-state index in [4.69, 9.17) is 4.74 Å². The molecular weight excluding hydrogens is 364 g/mol. The second-order valence-corrected chi connectivity index (χ2v) is 8.52. The molecule has 2 aromatic carbocycles. The molecule has 1 amide bonds. The van der Waals surface area contributed by atoms with Gasteiger partial charge in [-0.1, -0.05) is 13.0 Å². The number of benzene rings is 2. The van der Waals surface area contributed by atoms with Gasteiger partial charge in [-0.05, 0) is 55.2 Å². The second kappa shape index (κ2) is 8.00. The molecule has 144 valence electrons. The Labute approximate surface area is 160 Å². The highest BCUT2D eigenvalue weighted by atomic mass is 32.2. The van der Waals surface area contributed by atoms with Crippen LogP contribution in [-0.4, -0.2) is 39.4 Å². The molecule has 3 rings (SSSR count). The number of ether oxygens (including phenoxy) is 1. The van der Waals surface area contributed by atoms with Gasteiger partial charge in [0, 0.05) is 24.7 Å². The summed E-state index contributed by atoms with van der Waals surface area (Å²) in [6, 6.07) is 12.8. The largest absolute Gasteiger partial charge is 0.497 e. The lowest BCUT2D eigenvalue weighted by atomic mass is 9.98. The van der Waals surface area contributed by atoms with Crippen molar-refractivity contribution in [3.8, 4) is 5.75 Å². The third-order valence-corrected chi connectivity index (χ3v) is 6.20. The maximum atomic E-state index is 12.6. The first-order valence-corrected chi connectivity index (χ1v) is 10.4. The topological polar surface area (TPSA) is 75.7 Å². The Morgan fingerprint density at radius 2 is 1.78 bits per heavy atom. The molecular formula is C20H24N2O4S. The first-order chi connectivity index (χ1) is 12.9. The SMILES string of the molecule is COc1cccc(NS(=O)(=O)c2ccc(C(=O)N3CCC(C)CC3)cc2)c1. The van der Waals surface area contributed by atoms with Crippen LogP contribution in [0.15, 0.2) is 53.4 Å². The summed E-state index contributed by atoms with van der Waals surface area (Å²) < 4.78 is 32.8. The van der Waals surface area contributed by atoms with Crippen LogP contribution in [0.4, 0.5) is 5.69 Å². The van der Waals surface area contributed by atoms with Gasteiger partial charge < -0.3 is 9.64 Å². The lowest BCUT2D eigenvalue weighted by molar-refractivity contribution is 0.0697. The van der Waals surface area contributed by atoms with Gasteiger partial charge in [0.15, 0.2) is 0 Å². The van der Waals surface area contributed by atoms with Crippen LogP contribution < -0.4 is 9.46 Å². The molecule has 1 fully saturated rings. The Hall–Kier alpha value is -2.54. The maximum absolute atomic E-state index is 12.6. The fourth-order valence-corrected chi connectivity index (χ4v) is 4.12. The lowest BCUT2D eigenvalue weighted by Gasteiger charge is -2.30. The Balaban J connectivity index is 1.72. The van der Waals surface area contributed by atoms with Crippen molar-refractivity contribution in [3.05, 3.63) is 54.1 Å². The number of hydrogen-bond acceptors (Lipinski definition) is 4. The van der Waals surface area contributed by atoms with Gasteiger partial charge in [0.2, 0.25) is 0 Å². The van der Waals surface area contributed by atoms with E-state index in [2.05, 4.69) is 11.6 Å². The standard InChI is InChI=1S/C20H24N2O4S/c1-15-10-12-22(13-11-15)20(23)16-6-8-19(9-7-16)27(24,25)21-17-4-3-5-18(14-17)26-2/h3-9,14-15,21H,10-13H2,1-2H3. The summed E-state index contributed by atoms with van der Waals surface area (Å²) in [5.74, 6) is 1.16. The van der Waals surface area contributed by atoms with E-state index in [9.17, 15) is 13.2 Å². The molecule has 1 saturated heterocycles. The van der Waals surface area contributed by atoms with Crippen molar-refractivity contribution in [1.29, 1.82) is 0 Å². The third-order valence-electron chi connectivity index (χ3n) is 4.80. The Morgan fingerprint density at radius 3 is 2.41 bits per heavy atom. The van der Waals surface area contributed by atoms with E-state index in [0.29, 0.717) is 22.9 Å². The van der Waals surface area contributed by atoms with Gasteiger partial charge in [-0.2, -0.15) is 0 Å². The highest BCUT2D eigenvalue weighted by Crippen LogP contribution is 2.22. The number of hydrogen-bond donors (Lipinski definition) is 1. The minimum Gasteiger partial charge on any atom is -0.497 e. The molecule has 0 radical (unpaired) electrons. The molecule has 0 aliphatic carbocycles. The first kappa shape index (κ1) is 19.2. The van der Waals surface area contributed by atoms with Crippen molar-refractivity contribution in [1.82, 2.24) is 4.90 Å². The number of sulfonamides is 1. The highest BCUT2D eigenvalue weighted by Gasteiger charge is 2.22. The number of nitrogens with one attached hydrogen (secondary N) is 1. The van der Waals surface area contributed by atoms with Crippen LogP contribution in [-0.2, 0) is 10.0 Å². The van der Waals surface area contributed by atoms with Gasteiger partial charge in [-0.15, -0.1) is 0 Å². The number of nitrogens with zero attached hydrogens (tertiary/aromatic N) is 1. The molecule has 1 aliphatic rings. The molecule has 0 saturated carbocycles. The van der Waals surface area contributed by atoms with E-state index in [0.717, 1.165) is 25.9 Å². The van der Waals surface area contributed by atoms with Gasteiger partial charge in [0.05, 0.1) is 17.7 Å². The minimum absolute atomic E-state index is 0.0494. The minimum atomic E-state index is -3.74. The van der Waals surface area contributed by atoms with Gasteiger partial charge >= 0.3 is 0 Å². The zero-order valence-electron chi connectivity index (χ0n) is 15.5. The van der Waals surface area contributed by atoms with E-state index in [1.807, 2.05) is 4.90 Å². The molecule has 6 nitrogen and oxygen atoms in total. The lowest BCUT2D eigenvalue weighted by Crippen LogP contribution is -2.37. The van der Waals surface area contributed by atoms with Crippen molar-refractivity contribution < 1.29 is 17.9 Å². The number of likely N-dealkylation sites (tertiary alicyclic amines) is 1. The number of amides is 1. The predicted octanol–water partition coefficient (Wildman–Crippen LogP) is 3.37. The Kier molecular flexibility index (Phi) is 5.70. The summed E-state index contributed by atoms with van der Waals surface area (Å²) >= 11 is 0. The molecule has 2 aromatic rings. The second-order valence-electron chi connectivity index (χ2n) is 6.84. The summed E-state index contributed by atoms with van der Waals surface area (Å²) in [4.78, 5) is 14.5. The van der Waals surface area contributed by atoms with Crippen LogP contribution in [0.3, 0.4) is 0 Å². The average Bonchev–Trinajstić information content (AvgIpc) is 2.68. The molecule has 1 N–H and O–H groups in total. The zero-order chi connectivity index (χ0) is 19.4. The molecule has 7 heteroatoms. The normalized spacial score (nSPS) is 15.4. The zero-order valence-corrected chi connectivity index (χ0v) is 16.3. The molecule has 1 heterocycles. The van der Waals surface area contributed by atoms with Crippen molar-refractivity contribution in [2.45, 2.75) is 24.7 Å². The van der Waals surface area contributed by atoms with E-state index in [1.165, 1.54) is 19.2 Å². The van der Waals surface area contributed by atoms with Crippen molar-refractivity contribution in [2.24, 2.45) is 5.92 Å². The fraction of sp³-hybridized carbons (Fsp3) is 0.350. The number of carbonyl (C=O) groups is 1. The summed E-state index contributed by atoms with van der Waals surface area (Å²) in [6.45, 7) is 3.69. The van der Waals surface area contributed by atoms with E-state index >= 15 is 0 Å². The van der Waals surface area contributed by atoms with Crippen molar-refractivity contribution in [2.75, 3.05) is 24.9 Å². The molecule has 0 unspecified atom stereocenters. The van der Waals surface area contributed by atoms with Gasteiger partial charge in [0.25, 0.3) is 15.9 Å². The van der Waals surface area contributed by atoms with E-state index in [-0.39, 0.29) is 10.8 Å². The first-order valence-electron chi connectivity index (χ1n) is 8.95. The molecule has 1 aliphatic heterocycles. The number of carbonyl (C=O) groups excluding carboxylic acids is 1.